The van der Waals surface area contributed by atoms with E-state index in [1.54, 1.807) is 0 Å². The number of rotatable bonds is 8. The highest BCUT2D eigenvalue weighted by Crippen LogP contribution is 2.30. The lowest BCUT2D eigenvalue weighted by Crippen LogP contribution is -2.38. The predicted molar refractivity (Wildman–Crippen MR) is 131 cm³/mol. The quantitative estimate of drug-likeness (QED) is 0.496. The summed E-state index contributed by atoms with van der Waals surface area (Å²) in [6.07, 6.45) is 7.05. The van der Waals surface area contributed by atoms with Crippen molar-refractivity contribution in [1.29, 1.82) is 0 Å². The van der Waals surface area contributed by atoms with Gasteiger partial charge in [0.25, 0.3) is 5.56 Å². The molecule has 0 aliphatic heterocycles. The summed E-state index contributed by atoms with van der Waals surface area (Å²) in [7, 11) is 0. The normalized spacial score (nSPS) is 14.3. The van der Waals surface area contributed by atoms with Crippen molar-refractivity contribution in [2.75, 3.05) is 13.1 Å². The number of thiophene rings is 1. The van der Waals surface area contributed by atoms with Crippen molar-refractivity contribution in [2.24, 2.45) is 5.92 Å². The Morgan fingerprint density at radius 3 is 2.58 bits per heavy atom. The molecule has 1 aliphatic rings. The molecular weight excluding hydrogens is 436 g/mol. The number of carbonyl (C=O) groups excluding carboxylic acids is 2. The Balaban J connectivity index is 1.30. The second-order valence-electron chi connectivity index (χ2n) is 8.66. The fourth-order valence-electron chi connectivity index (χ4n) is 4.28. The summed E-state index contributed by atoms with van der Waals surface area (Å²) >= 11 is 1.45. The van der Waals surface area contributed by atoms with Gasteiger partial charge in [-0.25, -0.2) is 4.98 Å². The summed E-state index contributed by atoms with van der Waals surface area (Å²) < 4.78 is 1.50. The van der Waals surface area contributed by atoms with Crippen LogP contribution in [0, 0.1) is 12.8 Å². The molecule has 1 aliphatic carbocycles. The molecule has 0 atom stereocenters. The monoisotopic (exact) mass is 466 g/mol. The first kappa shape index (κ1) is 23.2. The third-order valence-corrected chi connectivity index (χ3v) is 7.11. The van der Waals surface area contributed by atoms with Crippen LogP contribution in [0.3, 0.4) is 0 Å². The van der Waals surface area contributed by atoms with Gasteiger partial charge in [0, 0.05) is 42.9 Å². The minimum atomic E-state index is -0.155. The first-order valence-corrected chi connectivity index (χ1v) is 12.5. The zero-order chi connectivity index (χ0) is 23.2. The van der Waals surface area contributed by atoms with E-state index in [-0.39, 0.29) is 36.3 Å². The Morgan fingerprint density at radius 2 is 1.82 bits per heavy atom. The molecule has 3 aromatic rings. The zero-order valence-electron chi connectivity index (χ0n) is 18.9. The van der Waals surface area contributed by atoms with Gasteiger partial charge in [0.15, 0.2) is 0 Å². The Bertz CT molecular complexity index is 1180. The highest BCUT2D eigenvalue weighted by molar-refractivity contribution is 7.17. The van der Waals surface area contributed by atoms with Crippen molar-refractivity contribution in [2.45, 2.75) is 52.0 Å². The Hall–Kier alpha value is -3.00. The Morgan fingerprint density at radius 1 is 1.09 bits per heavy atom. The number of carbonyl (C=O) groups is 2. The van der Waals surface area contributed by atoms with Crippen molar-refractivity contribution < 1.29 is 9.59 Å². The number of nitrogens with zero attached hydrogens (tertiary/aromatic N) is 2. The van der Waals surface area contributed by atoms with Crippen molar-refractivity contribution in [3.63, 3.8) is 0 Å². The second-order valence-corrected chi connectivity index (χ2v) is 9.52. The molecule has 7 nitrogen and oxygen atoms in total. The van der Waals surface area contributed by atoms with Gasteiger partial charge in [-0.3, -0.25) is 19.0 Å². The standard InChI is InChI=1S/C25H30N4O3S/c1-17-7-9-18(10-8-17)20-15-33-24-22(20)25(32)29(16-28-24)14-11-21(30)26-12-13-27-23(31)19-5-3-2-4-6-19/h7-10,15-16,19H,2-6,11-14H2,1H3,(H,26,30)(H,27,31). The van der Waals surface area contributed by atoms with Crippen LogP contribution in [0.2, 0.25) is 0 Å². The largest absolute Gasteiger partial charge is 0.354 e. The number of aryl methyl sites for hydroxylation is 2. The number of hydrogen-bond acceptors (Lipinski definition) is 5. The molecule has 174 valence electrons. The van der Waals surface area contributed by atoms with Crippen molar-refractivity contribution >= 4 is 33.4 Å². The molecule has 1 aromatic carbocycles. The van der Waals surface area contributed by atoms with Gasteiger partial charge in [0.1, 0.15) is 4.83 Å². The van der Waals surface area contributed by atoms with Crippen LogP contribution in [-0.2, 0) is 16.1 Å². The average Bonchev–Trinajstić information content (AvgIpc) is 3.27. The highest BCUT2D eigenvalue weighted by Gasteiger charge is 2.20. The SMILES string of the molecule is Cc1ccc(-c2csc3ncn(CCC(=O)NCCNC(=O)C4CCCCC4)c(=O)c23)cc1. The minimum absolute atomic E-state index is 0.0926. The van der Waals surface area contributed by atoms with E-state index in [1.165, 1.54) is 28.7 Å². The fourth-order valence-corrected chi connectivity index (χ4v) is 5.19. The van der Waals surface area contributed by atoms with Gasteiger partial charge in [-0.2, -0.15) is 0 Å². The summed E-state index contributed by atoms with van der Waals surface area (Å²) in [6, 6.07) is 8.06. The molecule has 0 unspecified atom stereocenters. The first-order chi connectivity index (χ1) is 16.0. The van der Waals surface area contributed by atoms with Gasteiger partial charge in [0.05, 0.1) is 11.7 Å². The van der Waals surface area contributed by atoms with E-state index in [4.69, 9.17) is 0 Å². The molecular formula is C25H30N4O3S. The fraction of sp³-hybridized carbons (Fsp3) is 0.440. The first-order valence-electron chi connectivity index (χ1n) is 11.6. The topological polar surface area (TPSA) is 93.1 Å². The van der Waals surface area contributed by atoms with Crippen molar-refractivity contribution in [3.8, 4) is 11.1 Å². The zero-order valence-corrected chi connectivity index (χ0v) is 19.7. The van der Waals surface area contributed by atoms with Gasteiger partial charge in [-0.15, -0.1) is 11.3 Å². The van der Waals surface area contributed by atoms with E-state index in [0.717, 1.165) is 42.4 Å². The van der Waals surface area contributed by atoms with Gasteiger partial charge in [-0.1, -0.05) is 49.1 Å². The lowest BCUT2D eigenvalue weighted by atomic mass is 9.89. The summed E-state index contributed by atoms with van der Waals surface area (Å²) in [5.74, 6) is 0.0543. The van der Waals surface area contributed by atoms with Crippen LogP contribution in [0.1, 0.15) is 44.1 Å². The third-order valence-electron chi connectivity index (χ3n) is 6.23. The summed E-state index contributed by atoms with van der Waals surface area (Å²) in [5, 5.41) is 8.29. The van der Waals surface area contributed by atoms with Crippen LogP contribution in [0.5, 0.6) is 0 Å². The molecule has 0 spiro atoms. The molecule has 2 heterocycles. The molecule has 2 aromatic heterocycles. The van der Waals surface area contributed by atoms with Gasteiger partial charge >= 0.3 is 0 Å². The minimum Gasteiger partial charge on any atom is -0.354 e. The van der Waals surface area contributed by atoms with Gasteiger partial charge in [0.2, 0.25) is 11.8 Å². The molecule has 0 saturated heterocycles. The molecule has 8 heteroatoms. The molecule has 2 N–H and O–H groups in total. The number of benzene rings is 1. The van der Waals surface area contributed by atoms with Crippen molar-refractivity contribution in [3.05, 3.63) is 51.9 Å². The molecule has 1 saturated carbocycles. The van der Waals surface area contributed by atoms with Gasteiger partial charge < -0.3 is 10.6 Å². The number of amides is 2. The predicted octanol–water partition coefficient (Wildman–Crippen LogP) is 3.64. The summed E-state index contributed by atoms with van der Waals surface area (Å²) in [6.45, 7) is 3.08. The number of nitrogens with one attached hydrogen (secondary N) is 2. The number of aromatic nitrogens is 2. The maximum absolute atomic E-state index is 13.1. The molecule has 0 bridgehead atoms. The molecule has 2 amide bonds. The van der Waals surface area contributed by atoms with Crippen LogP contribution in [0.25, 0.3) is 21.3 Å². The number of hydrogen-bond donors (Lipinski definition) is 2. The smallest absolute Gasteiger partial charge is 0.262 e. The van der Waals surface area contributed by atoms with Crippen LogP contribution in [-0.4, -0.2) is 34.5 Å². The van der Waals surface area contributed by atoms with Crippen LogP contribution < -0.4 is 16.2 Å². The van der Waals surface area contributed by atoms with E-state index in [1.807, 2.05) is 36.6 Å². The maximum atomic E-state index is 13.1. The van der Waals surface area contributed by atoms with E-state index in [0.29, 0.717) is 23.3 Å². The number of fused-ring (bicyclic) bond motifs is 1. The van der Waals surface area contributed by atoms with E-state index >= 15 is 0 Å². The van der Waals surface area contributed by atoms with Crippen LogP contribution in [0.4, 0.5) is 0 Å². The van der Waals surface area contributed by atoms with Gasteiger partial charge in [-0.05, 0) is 25.3 Å². The van der Waals surface area contributed by atoms with E-state index in [2.05, 4.69) is 15.6 Å². The van der Waals surface area contributed by atoms with E-state index in [9.17, 15) is 14.4 Å². The summed E-state index contributed by atoms with van der Waals surface area (Å²) in [5.41, 5.74) is 2.88. The Kier molecular flexibility index (Phi) is 7.54. The van der Waals surface area contributed by atoms with Crippen LogP contribution in [0.15, 0.2) is 40.8 Å². The second kappa shape index (κ2) is 10.7. The third kappa shape index (κ3) is 5.68. The average molecular weight is 467 g/mol. The lowest BCUT2D eigenvalue weighted by Gasteiger charge is -2.20. The van der Waals surface area contributed by atoms with Crippen molar-refractivity contribution in [1.82, 2.24) is 20.2 Å². The molecule has 0 radical (unpaired) electrons. The lowest BCUT2D eigenvalue weighted by molar-refractivity contribution is -0.126. The molecule has 33 heavy (non-hydrogen) atoms. The Labute approximate surface area is 197 Å². The molecule has 1 fully saturated rings. The summed E-state index contributed by atoms with van der Waals surface area (Å²) in [4.78, 5) is 42.6. The molecule has 4 rings (SSSR count). The highest BCUT2D eigenvalue weighted by atomic mass is 32.1. The maximum Gasteiger partial charge on any atom is 0.262 e. The van der Waals surface area contributed by atoms with Crippen LogP contribution >= 0.6 is 11.3 Å². The van der Waals surface area contributed by atoms with E-state index < -0.39 is 0 Å².